The normalized spacial score (nSPS) is 18.6. The van der Waals surface area contributed by atoms with Crippen LogP contribution in [0.4, 0.5) is 0 Å². The molecule has 1 aliphatic carbocycles. The van der Waals surface area contributed by atoms with Gasteiger partial charge in [-0.25, -0.2) is 0 Å². The van der Waals surface area contributed by atoms with E-state index in [9.17, 15) is 4.79 Å². The molecule has 1 amide bonds. The van der Waals surface area contributed by atoms with Gasteiger partial charge in [-0.3, -0.25) is 9.69 Å². The number of nitrogens with zero attached hydrogens (tertiary/aromatic N) is 2. The lowest BCUT2D eigenvalue weighted by molar-refractivity contribution is 0.0949. The molecule has 5 heteroatoms. The molecule has 2 heterocycles. The molecule has 1 aliphatic heterocycles. The molecule has 20 heavy (non-hydrogen) atoms. The molecule has 1 aromatic heterocycles. The minimum atomic E-state index is -0.212. The van der Waals surface area contributed by atoms with Crippen LogP contribution in [0.25, 0.3) is 0 Å². The van der Waals surface area contributed by atoms with Gasteiger partial charge in [-0.2, -0.15) is 0 Å². The molecular weight excluding hydrogens is 254 g/mol. The maximum atomic E-state index is 11.8. The lowest BCUT2D eigenvalue weighted by Crippen LogP contribution is -2.24. The number of hydrogen-bond donors (Lipinski definition) is 1. The number of nitrogens with one attached hydrogen (secondary N) is 1. The quantitative estimate of drug-likeness (QED) is 0.842. The van der Waals surface area contributed by atoms with Gasteiger partial charge in [-0.1, -0.05) is 17.0 Å². The van der Waals surface area contributed by atoms with Crippen molar-refractivity contribution in [3.05, 3.63) is 17.5 Å². The highest BCUT2D eigenvalue weighted by Crippen LogP contribution is 2.40. The maximum Gasteiger partial charge on any atom is 0.274 e. The zero-order chi connectivity index (χ0) is 13.8. The Morgan fingerprint density at radius 3 is 2.95 bits per heavy atom. The van der Waals surface area contributed by atoms with Crippen molar-refractivity contribution >= 4 is 5.91 Å². The van der Waals surface area contributed by atoms with Crippen molar-refractivity contribution < 1.29 is 9.32 Å². The van der Waals surface area contributed by atoms with E-state index in [1.54, 1.807) is 6.07 Å². The molecule has 1 N–H and O–H groups in total. The van der Waals surface area contributed by atoms with Crippen molar-refractivity contribution in [3.63, 3.8) is 0 Å². The molecule has 2 fully saturated rings. The molecular formula is C15H19N3O2. The number of carbonyl (C=O) groups is 1. The SMILES string of the molecule is O=C(NCC#CCN1CCCC1)c1cc(C2CC2)on1. The first-order chi connectivity index (χ1) is 9.83. The van der Waals surface area contributed by atoms with Crippen LogP contribution in [0.5, 0.6) is 0 Å². The average molecular weight is 273 g/mol. The molecule has 3 rings (SSSR count). The number of likely N-dealkylation sites (tertiary alicyclic amines) is 1. The van der Waals surface area contributed by atoms with Crippen molar-refractivity contribution in [2.45, 2.75) is 31.6 Å². The fourth-order valence-corrected chi connectivity index (χ4v) is 2.34. The fraction of sp³-hybridized carbons (Fsp3) is 0.600. The van der Waals surface area contributed by atoms with Gasteiger partial charge < -0.3 is 9.84 Å². The van der Waals surface area contributed by atoms with Crippen LogP contribution in [0.3, 0.4) is 0 Å². The molecule has 0 atom stereocenters. The Balaban J connectivity index is 1.40. The van der Waals surface area contributed by atoms with Crippen LogP contribution < -0.4 is 5.32 Å². The van der Waals surface area contributed by atoms with E-state index in [0.717, 1.165) is 38.2 Å². The van der Waals surface area contributed by atoms with E-state index in [2.05, 4.69) is 27.2 Å². The van der Waals surface area contributed by atoms with Crippen molar-refractivity contribution in [1.82, 2.24) is 15.4 Å². The molecule has 1 aromatic rings. The van der Waals surface area contributed by atoms with E-state index in [1.807, 2.05) is 0 Å². The number of amides is 1. The highest BCUT2D eigenvalue weighted by molar-refractivity contribution is 5.92. The summed E-state index contributed by atoms with van der Waals surface area (Å²) in [4.78, 5) is 14.1. The van der Waals surface area contributed by atoms with E-state index < -0.39 is 0 Å². The van der Waals surface area contributed by atoms with Crippen molar-refractivity contribution in [2.75, 3.05) is 26.2 Å². The van der Waals surface area contributed by atoms with Crippen LogP contribution >= 0.6 is 0 Å². The maximum absolute atomic E-state index is 11.8. The molecule has 0 radical (unpaired) electrons. The van der Waals surface area contributed by atoms with Crippen LogP contribution in [0.1, 0.15) is 47.8 Å². The van der Waals surface area contributed by atoms with Crippen molar-refractivity contribution in [2.24, 2.45) is 0 Å². The third-order valence-corrected chi connectivity index (χ3v) is 3.70. The summed E-state index contributed by atoms with van der Waals surface area (Å²) in [6.07, 6.45) is 4.82. The van der Waals surface area contributed by atoms with E-state index in [1.165, 1.54) is 12.8 Å². The van der Waals surface area contributed by atoms with Gasteiger partial charge in [0.2, 0.25) is 0 Å². The summed E-state index contributed by atoms with van der Waals surface area (Å²) >= 11 is 0. The lowest BCUT2D eigenvalue weighted by atomic mass is 10.3. The fourth-order valence-electron chi connectivity index (χ4n) is 2.34. The van der Waals surface area contributed by atoms with Gasteiger partial charge in [-0.05, 0) is 38.8 Å². The second-order valence-electron chi connectivity index (χ2n) is 5.41. The molecule has 0 spiro atoms. The van der Waals surface area contributed by atoms with Crippen LogP contribution in [-0.4, -0.2) is 42.1 Å². The van der Waals surface area contributed by atoms with Gasteiger partial charge in [0.25, 0.3) is 5.91 Å². The number of rotatable bonds is 4. The summed E-state index contributed by atoms with van der Waals surface area (Å²) in [7, 11) is 0. The Kier molecular flexibility index (Phi) is 4.03. The van der Waals surface area contributed by atoms with Gasteiger partial charge in [0.1, 0.15) is 5.76 Å². The molecule has 0 unspecified atom stereocenters. The molecule has 1 saturated carbocycles. The summed E-state index contributed by atoms with van der Waals surface area (Å²) in [5.74, 6) is 7.15. The third-order valence-electron chi connectivity index (χ3n) is 3.70. The molecule has 106 valence electrons. The predicted molar refractivity (Wildman–Crippen MR) is 74.3 cm³/mol. The monoisotopic (exact) mass is 273 g/mol. The molecule has 1 saturated heterocycles. The number of hydrogen-bond acceptors (Lipinski definition) is 4. The Bertz CT molecular complexity index is 531. The highest BCUT2D eigenvalue weighted by Gasteiger charge is 2.28. The predicted octanol–water partition coefficient (Wildman–Crippen LogP) is 1.38. The summed E-state index contributed by atoms with van der Waals surface area (Å²) in [5.41, 5.74) is 0.355. The van der Waals surface area contributed by atoms with Gasteiger partial charge in [0.05, 0.1) is 13.1 Å². The minimum Gasteiger partial charge on any atom is -0.360 e. The van der Waals surface area contributed by atoms with Gasteiger partial charge >= 0.3 is 0 Å². The van der Waals surface area contributed by atoms with E-state index >= 15 is 0 Å². The Hall–Kier alpha value is -1.80. The summed E-state index contributed by atoms with van der Waals surface area (Å²) in [6, 6.07) is 1.74. The summed E-state index contributed by atoms with van der Waals surface area (Å²) in [5, 5.41) is 6.54. The zero-order valence-electron chi connectivity index (χ0n) is 11.5. The lowest BCUT2D eigenvalue weighted by Gasteiger charge is -2.08. The Labute approximate surface area is 118 Å². The van der Waals surface area contributed by atoms with Crippen LogP contribution in [0.15, 0.2) is 10.6 Å². The van der Waals surface area contributed by atoms with Crippen molar-refractivity contribution in [3.8, 4) is 11.8 Å². The Morgan fingerprint density at radius 1 is 1.40 bits per heavy atom. The van der Waals surface area contributed by atoms with Crippen LogP contribution in [-0.2, 0) is 0 Å². The molecule has 5 nitrogen and oxygen atoms in total. The second-order valence-corrected chi connectivity index (χ2v) is 5.41. The van der Waals surface area contributed by atoms with E-state index in [-0.39, 0.29) is 5.91 Å². The first-order valence-corrected chi connectivity index (χ1v) is 7.26. The van der Waals surface area contributed by atoms with Crippen LogP contribution in [0.2, 0.25) is 0 Å². The van der Waals surface area contributed by atoms with Gasteiger partial charge in [-0.15, -0.1) is 0 Å². The third kappa shape index (κ3) is 3.40. The Morgan fingerprint density at radius 2 is 2.20 bits per heavy atom. The standard InChI is InChI=1S/C15H19N3O2/c19-15(13-11-14(20-17-13)12-5-6-12)16-7-1-2-8-18-9-3-4-10-18/h11-12H,3-10H2,(H,16,19). The van der Waals surface area contributed by atoms with E-state index in [0.29, 0.717) is 18.2 Å². The summed E-state index contributed by atoms with van der Waals surface area (Å²) in [6.45, 7) is 3.44. The first-order valence-electron chi connectivity index (χ1n) is 7.26. The molecule has 2 aliphatic rings. The highest BCUT2D eigenvalue weighted by atomic mass is 16.5. The first kappa shape index (κ1) is 13.2. The molecule has 0 aromatic carbocycles. The van der Waals surface area contributed by atoms with Gasteiger partial charge in [0.15, 0.2) is 5.69 Å². The second kappa shape index (κ2) is 6.10. The smallest absolute Gasteiger partial charge is 0.274 e. The van der Waals surface area contributed by atoms with E-state index in [4.69, 9.17) is 4.52 Å². The number of carbonyl (C=O) groups excluding carboxylic acids is 1. The molecule has 0 bridgehead atoms. The van der Waals surface area contributed by atoms with Gasteiger partial charge in [0, 0.05) is 12.0 Å². The zero-order valence-corrected chi connectivity index (χ0v) is 11.5. The average Bonchev–Trinajstić information content (AvgIpc) is 2.98. The van der Waals surface area contributed by atoms with Crippen LogP contribution in [0, 0.1) is 11.8 Å². The number of aromatic nitrogens is 1. The largest absolute Gasteiger partial charge is 0.360 e. The minimum absolute atomic E-state index is 0.212. The van der Waals surface area contributed by atoms with Crippen molar-refractivity contribution in [1.29, 1.82) is 0 Å². The topological polar surface area (TPSA) is 58.4 Å². The summed E-state index contributed by atoms with van der Waals surface area (Å²) < 4.78 is 5.15.